The lowest BCUT2D eigenvalue weighted by Crippen LogP contribution is -2.29. The summed E-state index contributed by atoms with van der Waals surface area (Å²) in [5.74, 6) is 0.869. The van der Waals surface area contributed by atoms with E-state index in [1.54, 1.807) is 0 Å². The third kappa shape index (κ3) is 7.28. The molecule has 0 radical (unpaired) electrons. The third-order valence-corrected chi connectivity index (χ3v) is 4.16. The van der Waals surface area contributed by atoms with Gasteiger partial charge in [-0.3, -0.25) is 0 Å². The smallest absolute Gasteiger partial charge is 0.119 e. The summed E-state index contributed by atoms with van der Waals surface area (Å²) >= 11 is 0. The number of ether oxygens (including phenoxy) is 1. The maximum atomic E-state index is 10.9. The highest BCUT2D eigenvalue weighted by Gasteiger charge is 2.25. The Morgan fingerprint density at radius 2 is 1.77 bits per heavy atom. The molecule has 0 spiro atoms. The van der Waals surface area contributed by atoms with Gasteiger partial charge >= 0.3 is 0 Å². The first-order valence-corrected chi connectivity index (χ1v) is 8.77. The van der Waals surface area contributed by atoms with Gasteiger partial charge in [-0.15, -0.1) is 0 Å². The van der Waals surface area contributed by atoms with Gasteiger partial charge in [0.1, 0.15) is 12.4 Å². The van der Waals surface area contributed by atoms with E-state index in [0.29, 0.717) is 13.2 Å². The van der Waals surface area contributed by atoms with Crippen molar-refractivity contribution < 1.29 is 9.84 Å². The Labute approximate surface area is 135 Å². The van der Waals surface area contributed by atoms with Crippen LogP contribution in [-0.4, -0.2) is 23.9 Å². The summed E-state index contributed by atoms with van der Waals surface area (Å²) in [6, 6.07) is 8.14. The molecule has 0 saturated heterocycles. The Morgan fingerprint density at radius 3 is 2.36 bits per heavy atom. The predicted octanol–water partition coefficient (Wildman–Crippen LogP) is 4.07. The van der Waals surface area contributed by atoms with Crippen molar-refractivity contribution in [2.45, 2.75) is 70.8 Å². The molecule has 1 aromatic carbocycles. The lowest BCUT2D eigenvalue weighted by Gasteiger charge is -2.28. The zero-order chi connectivity index (χ0) is 16.3. The molecule has 0 aliphatic carbocycles. The average Bonchev–Trinajstić information content (AvgIpc) is 2.55. The summed E-state index contributed by atoms with van der Waals surface area (Å²) in [5, 5.41) is 10.9. The van der Waals surface area contributed by atoms with Crippen molar-refractivity contribution in [3.05, 3.63) is 29.8 Å². The highest BCUT2D eigenvalue weighted by molar-refractivity contribution is 5.28. The molecule has 0 aliphatic rings. The molecule has 3 nitrogen and oxygen atoms in total. The normalized spacial score (nSPS) is 11.6. The van der Waals surface area contributed by atoms with Crippen molar-refractivity contribution >= 4 is 0 Å². The van der Waals surface area contributed by atoms with Gasteiger partial charge in [-0.25, -0.2) is 0 Å². The van der Waals surface area contributed by atoms with Gasteiger partial charge in [0, 0.05) is 6.54 Å². The van der Waals surface area contributed by atoms with Gasteiger partial charge in [0.25, 0.3) is 0 Å². The summed E-state index contributed by atoms with van der Waals surface area (Å²) < 4.78 is 5.57. The minimum absolute atomic E-state index is 0.514. The van der Waals surface area contributed by atoms with Gasteiger partial charge in [-0.05, 0) is 43.4 Å². The van der Waals surface area contributed by atoms with E-state index in [1.807, 2.05) is 12.1 Å². The molecule has 0 unspecified atom stereocenters. The number of rotatable bonds is 12. The Morgan fingerprint density at radius 1 is 1.09 bits per heavy atom. The van der Waals surface area contributed by atoms with Crippen LogP contribution in [-0.2, 0) is 6.42 Å². The van der Waals surface area contributed by atoms with Crippen LogP contribution in [0.1, 0.15) is 64.4 Å². The van der Waals surface area contributed by atoms with E-state index < -0.39 is 5.60 Å². The van der Waals surface area contributed by atoms with Crippen molar-refractivity contribution in [2.24, 2.45) is 5.73 Å². The first-order valence-electron chi connectivity index (χ1n) is 8.77. The molecule has 0 saturated carbocycles. The van der Waals surface area contributed by atoms with Crippen LogP contribution in [0.5, 0.6) is 5.75 Å². The van der Waals surface area contributed by atoms with Crippen LogP contribution in [0.2, 0.25) is 0 Å². The topological polar surface area (TPSA) is 55.5 Å². The lowest BCUT2D eigenvalue weighted by atomic mass is 9.85. The number of aliphatic hydroxyl groups is 1. The van der Waals surface area contributed by atoms with Crippen molar-refractivity contribution in [3.8, 4) is 5.75 Å². The van der Waals surface area contributed by atoms with Crippen LogP contribution in [0.3, 0.4) is 0 Å². The van der Waals surface area contributed by atoms with Crippen LogP contribution in [0.25, 0.3) is 0 Å². The summed E-state index contributed by atoms with van der Waals surface area (Å²) in [7, 11) is 0. The van der Waals surface area contributed by atoms with Gasteiger partial charge in [-0.1, -0.05) is 51.7 Å². The molecule has 1 rings (SSSR count). The molecule has 0 aromatic heterocycles. The van der Waals surface area contributed by atoms with E-state index in [0.717, 1.165) is 57.1 Å². The SMILES string of the molecule is CCCCC(O)(CCCC)CCc1cccc(OCCN)c1. The first kappa shape index (κ1) is 19.0. The van der Waals surface area contributed by atoms with Crippen LogP contribution < -0.4 is 10.5 Å². The summed E-state index contributed by atoms with van der Waals surface area (Å²) in [4.78, 5) is 0. The fourth-order valence-electron chi connectivity index (χ4n) is 2.73. The van der Waals surface area contributed by atoms with Crippen molar-refractivity contribution in [3.63, 3.8) is 0 Å². The number of unbranched alkanes of at least 4 members (excludes halogenated alkanes) is 2. The Balaban J connectivity index is 2.59. The molecule has 3 heteroatoms. The van der Waals surface area contributed by atoms with Gasteiger partial charge in [0.05, 0.1) is 5.60 Å². The highest BCUT2D eigenvalue weighted by Crippen LogP contribution is 2.27. The fourth-order valence-corrected chi connectivity index (χ4v) is 2.73. The molecular formula is C19H33NO2. The second-order valence-corrected chi connectivity index (χ2v) is 6.22. The highest BCUT2D eigenvalue weighted by atomic mass is 16.5. The Kier molecular flexibility index (Phi) is 9.17. The van der Waals surface area contributed by atoms with Crippen LogP contribution >= 0.6 is 0 Å². The summed E-state index contributed by atoms with van der Waals surface area (Å²) in [6.45, 7) is 5.43. The molecule has 3 N–H and O–H groups in total. The molecule has 0 amide bonds. The van der Waals surface area contributed by atoms with Gasteiger partial charge in [-0.2, -0.15) is 0 Å². The average molecular weight is 307 g/mol. The Hall–Kier alpha value is -1.06. The summed E-state index contributed by atoms with van der Waals surface area (Å²) in [5.41, 5.74) is 6.17. The van der Waals surface area contributed by atoms with E-state index in [9.17, 15) is 5.11 Å². The number of benzene rings is 1. The quantitative estimate of drug-likeness (QED) is 0.612. The molecule has 0 aliphatic heterocycles. The number of hydrogen-bond acceptors (Lipinski definition) is 3. The van der Waals surface area contributed by atoms with E-state index in [-0.39, 0.29) is 0 Å². The monoisotopic (exact) mass is 307 g/mol. The lowest BCUT2D eigenvalue weighted by molar-refractivity contribution is 0.0105. The van der Waals surface area contributed by atoms with E-state index in [2.05, 4.69) is 26.0 Å². The molecule has 126 valence electrons. The molecule has 1 aromatic rings. The van der Waals surface area contributed by atoms with E-state index >= 15 is 0 Å². The standard InChI is InChI=1S/C19H33NO2/c1-3-5-11-19(21,12-6-4-2)13-10-17-8-7-9-18(16-17)22-15-14-20/h7-9,16,21H,3-6,10-15,20H2,1-2H3. The number of nitrogens with two attached hydrogens (primary N) is 1. The summed E-state index contributed by atoms with van der Waals surface area (Å²) in [6.07, 6.45) is 8.00. The first-order chi connectivity index (χ1) is 10.6. The van der Waals surface area contributed by atoms with E-state index in [1.165, 1.54) is 5.56 Å². The van der Waals surface area contributed by atoms with Gasteiger partial charge in [0.2, 0.25) is 0 Å². The molecule has 0 fully saturated rings. The largest absolute Gasteiger partial charge is 0.492 e. The number of hydrogen-bond donors (Lipinski definition) is 2. The molecule has 0 heterocycles. The maximum absolute atomic E-state index is 10.9. The van der Waals surface area contributed by atoms with Gasteiger partial charge in [0.15, 0.2) is 0 Å². The van der Waals surface area contributed by atoms with Gasteiger partial charge < -0.3 is 15.6 Å². The Bertz CT molecular complexity index is 398. The second-order valence-electron chi connectivity index (χ2n) is 6.22. The second kappa shape index (κ2) is 10.6. The minimum atomic E-state index is -0.514. The fraction of sp³-hybridized carbons (Fsp3) is 0.684. The minimum Gasteiger partial charge on any atom is -0.492 e. The molecule has 22 heavy (non-hydrogen) atoms. The predicted molar refractivity (Wildman–Crippen MR) is 93.3 cm³/mol. The molecule has 0 atom stereocenters. The van der Waals surface area contributed by atoms with Crippen LogP contribution in [0.4, 0.5) is 0 Å². The molecule has 0 bridgehead atoms. The van der Waals surface area contributed by atoms with Crippen LogP contribution in [0.15, 0.2) is 24.3 Å². The molecular weight excluding hydrogens is 274 g/mol. The zero-order valence-electron chi connectivity index (χ0n) is 14.3. The van der Waals surface area contributed by atoms with Crippen molar-refractivity contribution in [2.75, 3.05) is 13.2 Å². The maximum Gasteiger partial charge on any atom is 0.119 e. The third-order valence-electron chi connectivity index (χ3n) is 4.16. The van der Waals surface area contributed by atoms with E-state index in [4.69, 9.17) is 10.5 Å². The zero-order valence-corrected chi connectivity index (χ0v) is 14.3. The van der Waals surface area contributed by atoms with Crippen LogP contribution in [0, 0.1) is 0 Å². The number of aryl methyl sites for hydroxylation is 1. The van der Waals surface area contributed by atoms with Crippen molar-refractivity contribution in [1.82, 2.24) is 0 Å². The van der Waals surface area contributed by atoms with Crippen molar-refractivity contribution in [1.29, 1.82) is 0 Å².